The molecule has 0 amide bonds. The fourth-order valence-corrected chi connectivity index (χ4v) is 9.83. The van der Waals surface area contributed by atoms with Crippen LogP contribution in [0.15, 0.2) is 0 Å². The Balaban J connectivity index is 1.59. The summed E-state index contributed by atoms with van der Waals surface area (Å²) in [6.45, 7) is 14.8. The second-order valence-electron chi connectivity index (χ2n) is 13.7. The molecule has 0 N–H and O–H groups in total. The van der Waals surface area contributed by atoms with Crippen molar-refractivity contribution in [3.8, 4) is 0 Å². The first kappa shape index (κ1) is 28.4. The summed E-state index contributed by atoms with van der Waals surface area (Å²) >= 11 is 0. The molecule has 0 spiro atoms. The van der Waals surface area contributed by atoms with Crippen LogP contribution >= 0.6 is 0 Å². The first-order valence-corrected chi connectivity index (χ1v) is 15.0. The zero-order valence-corrected chi connectivity index (χ0v) is 24.2. The van der Waals surface area contributed by atoms with Gasteiger partial charge in [-0.05, 0) is 91.3 Å². The van der Waals surface area contributed by atoms with Crippen LogP contribution in [0.3, 0.4) is 0 Å². The Labute approximate surface area is 223 Å². The molecule has 4 saturated carbocycles. The fourth-order valence-electron chi connectivity index (χ4n) is 9.83. The second kappa shape index (κ2) is 10.9. The molecule has 6 heteroatoms. The third kappa shape index (κ3) is 5.07. The van der Waals surface area contributed by atoms with Crippen molar-refractivity contribution >= 4 is 18.1 Å². The number of ether oxygens (including phenoxy) is 3. The summed E-state index contributed by atoms with van der Waals surface area (Å²) < 4.78 is 16.5. The summed E-state index contributed by atoms with van der Waals surface area (Å²) in [5.74, 6) is 1.59. The highest BCUT2D eigenvalue weighted by molar-refractivity contribution is 5.83. The summed E-state index contributed by atoms with van der Waals surface area (Å²) in [6, 6.07) is 0. The summed E-state index contributed by atoms with van der Waals surface area (Å²) in [4.78, 5) is 37.5. The third-order valence-corrected chi connectivity index (χ3v) is 11.4. The molecule has 0 aliphatic heterocycles. The lowest BCUT2D eigenvalue weighted by atomic mass is 9.41. The van der Waals surface area contributed by atoms with Crippen LogP contribution in [0, 0.1) is 58.2 Å². The molecule has 0 heterocycles. The van der Waals surface area contributed by atoms with Crippen LogP contribution in [0.1, 0.15) is 106 Å². The Bertz CT molecular complexity index is 868. The molecular weight excluding hydrogens is 468 g/mol. The Morgan fingerprint density at radius 2 is 1.59 bits per heavy atom. The average molecular weight is 519 g/mol. The summed E-state index contributed by atoms with van der Waals surface area (Å²) in [7, 11) is 0. The van der Waals surface area contributed by atoms with E-state index in [0.29, 0.717) is 35.0 Å². The topological polar surface area (TPSA) is 78.9 Å². The quantitative estimate of drug-likeness (QED) is 0.274. The molecule has 4 rings (SSSR count). The van der Waals surface area contributed by atoms with Gasteiger partial charge in [-0.25, -0.2) is 4.79 Å². The van der Waals surface area contributed by atoms with E-state index in [1.807, 2.05) is 20.8 Å². The highest BCUT2D eigenvalue weighted by atomic mass is 16.7. The van der Waals surface area contributed by atoms with Gasteiger partial charge in [0.1, 0.15) is 6.10 Å². The normalized spacial score (nSPS) is 41.7. The number of hydrogen-bond donors (Lipinski definition) is 0. The van der Waals surface area contributed by atoms with Crippen molar-refractivity contribution in [2.24, 2.45) is 58.2 Å². The lowest BCUT2D eigenvalue weighted by molar-refractivity contribution is -0.211. The zero-order valence-electron chi connectivity index (χ0n) is 24.2. The largest absolute Gasteiger partial charge is 0.516 e. The number of esters is 2. The molecule has 10 atom stereocenters. The van der Waals surface area contributed by atoms with E-state index >= 15 is 0 Å². The number of hydrogen-bond acceptors (Lipinski definition) is 6. The van der Waals surface area contributed by atoms with E-state index in [-0.39, 0.29) is 41.8 Å². The molecule has 0 aromatic carbocycles. The number of carbonyl (C=O) groups excluding carboxylic acids is 3. The standard InChI is InChI=1S/C31H50O6/c1-8-21-23-11-9-10-15-30(23,6)25-14-16-31(7)22(12-13-24(31)26(25)27(21)36-20(5)32)19(4)28(33)37-29(34)35-17-18(2)3/h18-19,21-27H,8-17H2,1-7H3/t19-,21+,22+,23-,24-,25-,26-,27+,30-,31+/m0/s1. The van der Waals surface area contributed by atoms with E-state index in [0.717, 1.165) is 32.1 Å². The van der Waals surface area contributed by atoms with Crippen molar-refractivity contribution in [1.29, 1.82) is 0 Å². The summed E-state index contributed by atoms with van der Waals surface area (Å²) in [5, 5.41) is 0. The summed E-state index contributed by atoms with van der Waals surface area (Å²) in [6.07, 6.45) is 9.37. The molecule has 37 heavy (non-hydrogen) atoms. The highest BCUT2D eigenvalue weighted by Crippen LogP contribution is 2.69. The Morgan fingerprint density at radius 1 is 0.892 bits per heavy atom. The van der Waals surface area contributed by atoms with Crippen LogP contribution in [0.2, 0.25) is 0 Å². The number of carbonyl (C=O) groups is 3. The van der Waals surface area contributed by atoms with E-state index < -0.39 is 12.1 Å². The Morgan fingerprint density at radius 3 is 2.24 bits per heavy atom. The molecule has 0 unspecified atom stereocenters. The van der Waals surface area contributed by atoms with Crippen LogP contribution in [0.4, 0.5) is 4.79 Å². The van der Waals surface area contributed by atoms with Gasteiger partial charge in [-0.1, -0.05) is 54.4 Å². The number of fused-ring (bicyclic) bond motifs is 5. The maximum Gasteiger partial charge on any atom is 0.516 e. The van der Waals surface area contributed by atoms with E-state index in [1.54, 1.807) is 6.92 Å². The van der Waals surface area contributed by atoms with Crippen LogP contribution in [0.25, 0.3) is 0 Å². The molecule has 0 saturated heterocycles. The van der Waals surface area contributed by atoms with E-state index in [4.69, 9.17) is 14.2 Å². The van der Waals surface area contributed by atoms with Crippen molar-refractivity contribution in [1.82, 2.24) is 0 Å². The molecule has 4 fully saturated rings. The first-order valence-electron chi connectivity index (χ1n) is 15.0. The Hall–Kier alpha value is -1.59. The molecule has 0 aromatic rings. The van der Waals surface area contributed by atoms with Crippen LogP contribution in [-0.2, 0) is 23.8 Å². The lowest BCUT2D eigenvalue weighted by Gasteiger charge is -2.64. The molecule has 210 valence electrons. The zero-order chi connectivity index (χ0) is 27.1. The lowest BCUT2D eigenvalue weighted by Crippen LogP contribution is -2.62. The van der Waals surface area contributed by atoms with Crippen molar-refractivity contribution in [3.63, 3.8) is 0 Å². The fraction of sp³-hybridized carbons (Fsp3) is 0.903. The predicted molar refractivity (Wildman–Crippen MR) is 141 cm³/mol. The molecule has 0 bridgehead atoms. The van der Waals surface area contributed by atoms with Crippen LogP contribution in [0.5, 0.6) is 0 Å². The molecular formula is C31H50O6. The monoisotopic (exact) mass is 518 g/mol. The molecule has 6 nitrogen and oxygen atoms in total. The van der Waals surface area contributed by atoms with Gasteiger partial charge in [0.05, 0.1) is 12.5 Å². The van der Waals surface area contributed by atoms with Gasteiger partial charge >= 0.3 is 18.1 Å². The first-order chi connectivity index (χ1) is 17.4. The summed E-state index contributed by atoms with van der Waals surface area (Å²) in [5.41, 5.74) is 0.250. The van der Waals surface area contributed by atoms with Gasteiger partial charge in [0.2, 0.25) is 0 Å². The highest BCUT2D eigenvalue weighted by Gasteiger charge is 2.65. The predicted octanol–water partition coefficient (Wildman–Crippen LogP) is 7.19. The molecule has 0 aromatic heterocycles. The minimum atomic E-state index is -0.891. The van der Waals surface area contributed by atoms with Gasteiger partial charge in [-0.2, -0.15) is 0 Å². The van der Waals surface area contributed by atoms with E-state index in [1.165, 1.54) is 25.7 Å². The Kier molecular flexibility index (Phi) is 8.36. The minimum absolute atomic E-state index is 0.0414. The smallest absolute Gasteiger partial charge is 0.462 e. The van der Waals surface area contributed by atoms with E-state index in [2.05, 4.69) is 20.8 Å². The number of rotatable bonds is 6. The van der Waals surface area contributed by atoms with Crippen molar-refractivity contribution in [2.45, 2.75) is 112 Å². The molecule has 0 radical (unpaired) electrons. The molecule has 4 aliphatic rings. The van der Waals surface area contributed by atoms with E-state index in [9.17, 15) is 14.4 Å². The van der Waals surface area contributed by atoms with Gasteiger partial charge in [-0.15, -0.1) is 0 Å². The van der Waals surface area contributed by atoms with Gasteiger partial charge in [0, 0.05) is 12.8 Å². The molecule has 4 aliphatic carbocycles. The average Bonchev–Trinajstić information content (AvgIpc) is 3.19. The van der Waals surface area contributed by atoms with Crippen LogP contribution in [-0.4, -0.2) is 30.8 Å². The maximum atomic E-state index is 13.0. The van der Waals surface area contributed by atoms with Crippen molar-refractivity contribution in [3.05, 3.63) is 0 Å². The van der Waals surface area contributed by atoms with Crippen molar-refractivity contribution in [2.75, 3.05) is 6.61 Å². The van der Waals surface area contributed by atoms with Crippen LogP contribution < -0.4 is 0 Å². The van der Waals surface area contributed by atoms with Gasteiger partial charge in [-0.3, -0.25) is 9.59 Å². The van der Waals surface area contributed by atoms with Gasteiger partial charge in [0.25, 0.3) is 0 Å². The third-order valence-electron chi connectivity index (χ3n) is 11.4. The van der Waals surface area contributed by atoms with Crippen molar-refractivity contribution < 1.29 is 28.6 Å². The van der Waals surface area contributed by atoms with Gasteiger partial charge in [0.15, 0.2) is 0 Å². The minimum Gasteiger partial charge on any atom is -0.462 e. The SMILES string of the molecule is CC[C@H]1[C@@H](OC(C)=O)[C@@H]2[C@H](CC[C@]3(C)[C@@H]([C@H](C)C(=O)OC(=O)OCC(C)C)CC[C@@H]23)[C@@]2(C)CCCC[C@@H]12. The van der Waals surface area contributed by atoms with Gasteiger partial charge < -0.3 is 14.2 Å². The maximum absolute atomic E-state index is 13.0. The second-order valence-corrected chi connectivity index (χ2v) is 13.7.